The summed E-state index contributed by atoms with van der Waals surface area (Å²) in [5.74, 6) is 5.52. The first kappa shape index (κ1) is 9.66. The Bertz CT molecular complexity index is 448. The van der Waals surface area contributed by atoms with Gasteiger partial charge in [-0.3, -0.25) is 5.10 Å². The molecule has 0 saturated carbocycles. The third kappa shape index (κ3) is 2.56. The first-order valence-electron chi connectivity index (χ1n) is 3.81. The second-order valence-electron chi connectivity index (χ2n) is 2.28. The fourth-order valence-electron chi connectivity index (χ4n) is 0.774. The topological polar surface area (TPSA) is 101 Å². The number of rotatable bonds is 2. The second kappa shape index (κ2) is 5.26. The average molecular weight is 186 g/mol. The van der Waals surface area contributed by atoms with Crippen molar-refractivity contribution in [3.8, 4) is 17.9 Å². The normalized spacial score (nSPS) is 7.93. The van der Waals surface area contributed by atoms with E-state index in [-0.39, 0.29) is 0 Å². The minimum Gasteiger partial charge on any atom is -0.267 e. The second-order valence-corrected chi connectivity index (χ2v) is 2.28. The smallest absolute Gasteiger partial charge is 0.151 e. The summed E-state index contributed by atoms with van der Waals surface area (Å²) >= 11 is 0. The summed E-state index contributed by atoms with van der Waals surface area (Å²) in [6.45, 7) is 0.337. The van der Waals surface area contributed by atoms with Gasteiger partial charge in [0.2, 0.25) is 0 Å². The van der Waals surface area contributed by atoms with Crippen LogP contribution >= 0.6 is 0 Å². The zero-order valence-corrected chi connectivity index (χ0v) is 7.23. The molecule has 0 fully saturated rings. The molecule has 1 N–H and O–H groups in total. The number of hydrogen-bond donors (Lipinski definition) is 1. The van der Waals surface area contributed by atoms with Crippen LogP contribution in [0.4, 0.5) is 0 Å². The Balaban J connectivity index is 2.60. The third-order valence-electron chi connectivity index (χ3n) is 1.37. The van der Waals surface area contributed by atoms with Crippen LogP contribution in [0.3, 0.4) is 0 Å². The van der Waals surface area contributed by atoms with Crippen molar-refractivity contribution in [2.45, 2.75) is 6.42 Å². The van der Waals surface area contributed by atoms with Crippen molar-refractivity contribution in [2.75, 3.05) is 6.54 Å². The molecule has 0 aromatic carbocycles. The highest BCUT2D eigenvalue weighted by Gasteiger charge is 1.98. The average Bonchev–Trinajstić information content (AvgIpc) is 2.65. The Morgan fingerprint density at radius 1 is 1.71 bits per heavy atom. The molecule has 0 atom stereocenters. The van der Waals surface area contributed by atoms with E-state index in [1.807, 2.05) is 6.07 Å². The van der Waals surface area contributed by atoms with Crippen molar-refractivity contribution >= 4 is 0 Å². The Morgan fingerprint density at radius 3 is 3.29 bits per heavy atom. The predicted octanol–water partition coefficient (Wildman–Crippen LogP) is 1.33. The fourth-order valence-corrected chi connectivity index (χ4v) is 0.774. The van der Waals surface area contributed by atoms with Crippen molar-refractivity contribution in [1.29, 1.82) is 5.26 Å². The van der Waals surface area contributed by atoms with Crippen molar-refractivity contribution in [3.05, 3.63) is 27.9 Å². The minimum absolute atomic E-state index is 0.337. The number of nitriles is 1. The van der Waals surface area contributed by atoms with E-state index in [0.717, 1.165) is 0 Å². The molecule has 0 aliphatic carbocycles. The largest absolute Gasteiger partial charge is 0.267 e. The number of aromatic amines is 1. The van der Waals surface area contributed by atoms with Gasteiger partial charge in [-0.2, -0.15) is 10.4 Å². The summed E-state index contributed by atoms with van der Waals surface area (Å²) in [6, 6.07) is 1.93. The maximum atomic E-state index is 8.59. The molecule has 1 aromatic heterocycles. The van der Waals surface area contributed by atoms with Crippen LogP contribution in [0.15, 0.2) is 11.3 Å². The molecular formula is C8H6N6. The molecule has 0 amide bonds. The van der Waals surface area contributed by atoms with Gasteiger partial charge in [0.05, 0.1) is 11.8 Å². The van der Waals surface area contributed by atoms with Gasteiger partial charge in [0.25, 0.3) is 0 Å². The number of hydrogen-bond acceptors (Lipinski definition) is 3. The van der Waals surface area contributed by atoms with Crippen LogP contribution in [-0.2, 0) is 0 Å². The molecule has 6 nitrogen and oxygen atoms in total. The van der Waals surface area contributed by atoms with E-state index in [2.05, 4.69) is 32.1 Å². The van der Waals surface area contributed by atoms with Gasteiger partial charge < -0.3 is 0 Å². The summed E-state index contributed by atoms with van der Waals surface area (Å²) < 4.78 is 0. The van der Waals surface area contributed by atoms with E-state index in [1.54, 1.807) is 0 Å². The fraction of sp³-hybridized carbons (Fsp3) is 0.250. The lowest BCUT2D eigenvalue weighted by Crippen LogP contribution is -1.78. The number of H-pyrrole nitrogens is 1. The Hall–Kier alpha value is -2.43. The maximum Gasteiger partial charge on any atom is 0.151 e. The van der Waals surface area contributed by atoms with Crippen LogP contribution < -0.4 is 0 Å². The van der Waals surface area contributed by atoms with Crippen molar-refractivity contribution in [2.24, 2.45) is 5.11 Å². The van der Waals surface area contributed by atoms with Gasteiger partial charge in [0, 0.05) is 17.9 Å². The summed E-state index contributed by atoms with van der Waals surface area (Å²) in [4.78, 5) is 2.59. The van der Waals surface area contributed by atoms with E-state index in [9.17, 15) is 0 Å². The van der Waals surface area contributed by atoms with Crippen molar-refractivity contribution in [1.82, 2.24) is 10.2 Å². The van der Waals surface area contributed by atoms with Crippen LogP contribution in [0.2, 0.25) is 0 Å². The zero-order chi connectivity index (χ0) is 10.2. The SMILES string of the molecule is N#Cc1[nH]ncc1C#CCCN=[N+]=[N-]. The van der Waals surface area contributed by atoms with Crippen LogP contribution in [0, 0.1) is 23.2 Å². The molecule has 68 valence electrons. The van der Waals surface area contributed by atoms with Gasteiger partial charge in [-0.25, -0.2) is 0 Å². The molecule has 1 aromatic rings. The van der Waals surface area contributed by atoms with Crippen molar-refractivity contribution in [3.63, 3.8) is 0 Å². The Kier molecular flexibility index (Phi) is 3.63. The molecule has 1 heterocycles. The predicted molar refractivity (Wildman–Crippen MR) is 48.8 cm³/mol. The third-order valence-corrected chi connectivity index (χ3v) is 1.37. The minimum atomic E-state index is 0.337. The summed E-state index contributed by atoms with van der Waals surface area (Å²) in [7, 11) is 0. The molecule has 0 aliphatic rings. The molecule has 14 heavy (non-hydrogen) atoms. The molecule has 0 spiro atoms. The van der Waals surface area contributed by atoms with E-state index < -0.39 is 0 Å². The standard InChI is InChI=1S/C8H6N6/c9-5-8-7(6-12-13-8)3-1-2-4-11-14-10/h6H,2,4H2,(H,12,13). The Labute approximate surface area is 80.2 Å². The van der Waals surface area contributed by atoms with Crippen LogP contribution in [0.5, 0.6) is 0 Å². The maximum absolute atomic E-state index is 8.59. The molecule has 0 radical (unpaired) electrons. The Morgan fingerprint density at radius 2 is 2.57 bits per heavy atom. The highest BCUT2D eigenvalue weighted by Crippen LogP contribution is 1.99. The molecule has 0 saturated heterocycles. The lowest BCUT2D eigenvalue weighted by molar-refractivity contribution is 1.01. The van der Waals surface area contributed by atoms with Gasteiger partial charge in [0.1, 0.15) is 6.07 Å². The van der Waals surface area contributed by atoms with E-state index >= 15 is 0 Å². The van der Waals surface area contributed by atoms with E-state index in [1.165, 1.54) is 6.20 Å². The number of nitrogens with one attached hydrogen (secondary N) is 1. The van der Waals surface area contributed by atoms with Crippen LogP contribution in [0.25, 0.3) is 10.4 Å². The summed E-state index contributed by atoms with van der Waals surface area (Å²) in [5.41, 5.74) is 8.90. The summed E-state index contributed by atoms with van der Waals surface area (Å²) in [5, 5.41) is 18.1. The zero-order valence-electron chi connectivity index (χ0n) is 7.23. The quantitative estimate of drug-likeness (QED) is 0.247. The summed E-state index contributed by atoms with van der Waals surface area (Å²) in [6.07, 6.45) is 1.96. The monoisotopic (exact) mass is 186 g/mol. The number of aromatic nitrogens is 2. The first-order chi connectivity index (χ1) is 6.88. The molecule has 6 heteroatoms. The molecule has 0 unspecified atom stereocenters. The van der Waals surface area contributed by atoms with Gasteiger partial charge in [-0.15, -0.1) is 0 Å². The highest BCUT2D eigenvalue weighted by atomic mass is 15.1. The number of nitrogens with zero attached hydrogens (tertiary/aromatic N) is 5. The highest BCUT2D eigenvalue weighted by molar-refractivity contribution is 5.42. The van der Waals surface area contributed by atoms with E-state index in [0.29, 0.717) is 24.2 Å². The van der Waals surface area contributed by atoms with Crippen LogP contribution in [-0.4, -0.2) is 16.7 Å². The lowest BCUT2D eigenvalue weighted by atomic mass is 10.2. The van der Waals surface area contributed by atoms with Gasteiger partial charge in [-0.05, 0) is 5.53 Å². The van der Waals surface area contributed by atoms with Gasteiger partial charge in [-0.1, -0.05) is 17.0 Å². The first-order valence-corrected chi connectivity index (χ1v) is 3.81. The van der Waals surface area contributed by atoms with Crippen LogP contribution in [0.1, 0.15) is 17.7 Å². The lowest BCUT2D eigenvalue weighted by Gasteiger charge is -1.80. The molecule has 0 bridgehead atoms. The van der Waals surface area contributed by atoms with E-state index in [4.69, 9.17) is 10.8 Å². The van der Waals surface area contributed by atoms with Crippen molar-refractivity contribution < 1.29 is 0 Å². The molecular weight excluding hydrogens is 180 g/mol. The number of azide groups is 1. The van der Waals surface area contributed by atoms with Gasteiger partial charge >= 0.3 is 0 Å². The van der Waals surface area contributed by atoms with Gasteiger partial charge in [0.15, 0.2) is 5.69 Å². The molecule has 1 rings (SSSR count). The molecule has 0 aliphatic heterocycles.